The van der Waals surface area contributed by atoms with Crippen LogP contribution in [0.15, 0.2) is 176 Å². The van der Waals surface area contributed by atoms with E-state index < -0.39 is 0 Å². The molecule has 0 N–H and O–H groups in total. The van der Waals surface area contributed by atoms with Crippen LogP contribution in [0, 0.1) is 0 Å². The summed E-state index contributed by atoms with van der Waals surface area (Å²) in [6.45, 7) is 0. The standard InChI is InChI=1S/C40H29N/c1-4-13-30(14-5-1)31-23-25-33(26-24-31)40-29-36(41(34-17-6-2-7-18-34)35-19-8-3-9-20-35)27-28-39(40)38-22-12-16-32-15-10-11-21-37(32)38/h1-29H. The van der Waals surface area contributed by atoms with Gasteiger partial charge in [-0.3, -0.25) is 0 Å². The minimum absolute atomic E-state index is 1.12. The molecule has 0 saturated heterocycles. The smallest absolute Gasteiger partial charge is 0.0468 e. The first-order chi connectivity index (χ1) is 20.3. The molecule has 1 nitrogen and oxygen atoms in total. The van der Waals surface area contributed by atoms with Gasteiger partial charge in [-0.1, -0.05) is 140 Å². The normalized spacial score (nSPS) is 10.9. The third kappa shape index (κ3) is 4.90. The molecule has 0 radical (unpaired) electrons. The summed E-state index contributed by atoms with van der Waals surface area (Å²) in [6.07, 6.45) is 0. The van der Waals surface area contributed by atoms with E-state index in [9.17, 15) is 0 Å². The van der Waals surface area contributed by atoms with Gasteiger partial charge in [0, 0.05) is 17.1 Å². The van der Waals surface area contributed by atoms with Crippen molar-refractivity contribution in [3.63, 3.8) is 0 Å². The van der Waals surface area contributed by atoms with Crippen molar-refractivity contribution >= 4 is 27.8 Å². The van der Waals surface area contributed by atoms with E-state index in [0.717, 1.165) is 17.1 Å². The van der Waals surface area contributed by atoms with Gasteiger partial charge in [0.05, 0.1) is 0 Å². The summed E-state index contributed by atoms with van der Waals surface area (Å²) < 4.78 is 0. The van der Waals surface area contributed by atoms with Crippen LogP contribution in [0.2, 0.25) is 0 Å². The number of benzene rings is 7. The molecule has 0 saturated carbocycles. The molecule has 7 aromatic rings. The predicted molar refractivity (Wildman–Crippen MR) is 175 cm³/mol. The van der Waals surface area contributed by atoms with Crippen molar-refractivity contribution in [2.24, 2.45) is 0 Å². The van der Waals surface area contributed by atoms with Gasteiger partial charge in [-0.05, 0) is 80.6 Å². The Morgan fingerprint density at radius 3 is 1.51 bits per heavy atom. The lowest BCUT2D eigenvalue weighted by molar-refractivity contribution is 1.28. The largest absolute Gasteiger partial charge is 0.310 e. The summed E-state index contributed by atoms with van der Waals surface area (Å²) in [6, 6.07) is 62.8. The number of rotatable bonds is 6. The molecular formula is C40H29N. The first kappa shape index (κ1) is 24.6. The zero-order valence-electron chi connectivity index (χ0n) is 22.7. The SMILES string of the molecule is c1ccc(-c2ccc(-c3cc(N(c4ccccc4)c4ccccc4)ccc3-c3cccc4ccccc34)cc2)cc1. The van der Waals surface area contributed by atoms with E-state index in [-0.39, 0.29) is 0 Å². The highest BCUT2D eigenvalue weighted by Crippen LogP contribution is 2.42. The molecule has 1 heteroatoms. The first-order valence-electron chi connectivity index (χ1n) is 14.0. The minimum atomic E-state index is 1.12. The number of para-hydroxylation sites is 2. The van der Waals surface area contributed by atoms with Gasteiger partial charge in [0.1, 0.15) is 0 Å². The molecule has 0 aliphatic carbocycles. The highest BCUT2D eigenvalue weighted by molar-refractivity contribution is 6.01. The van der Waals surface area contributed by atoms with Crippen LogP contribution in [-0.4, -0.2) is 0 Å². The second-order valence-electron chi connectivity index (χ2n) is 10.2. The predicted octanol–water partition coefficient (Wildman–Crippen LogP) is 11.3. The molecule has 194 valence electrons. The maximum atomic E-state index is 2.34. The van der Waals surface area contributed by atoms with E-state index in [0.29, 0.717) is 0 Å². The Hall–Kier alpha value is -5.40. The Balaban J connectivity index is 1.44. The molecule has 0 heterocycles. The third-order valence-electron chi connectivity index (χ3n) is 7.67. The van der Waals surface area contributed by atoms with Crippen LogP contribution in [0.4, 0.5) is 17.1 Å². The number of anilines is 3. The number of fused-ring (bicyclic) bond motifs is 1. The Labute approximate surface area is 241 Å². The van der Waals surface area contributed by atoms with Crippen LogP contribution in [0.25, 0.3) is 44.2 Å². The van der Waals surface area contributed by atoms with Crippen LogP contribution < -0.4 is 4.90 Å². The number of nitrogens with zero attached hydrogens (tertiary/aromatic N) is 1. The van der Waals surface area contributed by atoms with E-state index in [1.807, 2.05) is 0 Å². The minimum Gasteiger partial charge on any atom is -0.310 e. The first-order valence-corrected chi connectivity index (χ1v) is 14.0. The molecule has 0 aliphatic heterocycles. The van der Waals surface area contributed by atoms with Crippen LogP contribution in [-0.2, 0) is 0 Å². The Morgan fingerprint density at radius 1 is 0.293 bits per heavy atom. The maximum absolute atomic E-state index is 2.34. The topological polar surface area (TPSA) is 3.24 Å². The Morgan fingerprint density at radius 2 is 0.829 bits per heavy atom. The van der Waals surface area contributed by atoms with Crippen molar-refractivity contribution in [2.75, 3.05) is 4.90 Å². The average molecular weight is 524 g/mol. The summed E-state index contributed by atoms with van der Waals surface area (Å²) in [5.41, 5.74) is 10.7. The molecule has 41 heavy (non-hydrogen) atoms. The summed E-state index contributed by atoms with van der Waals surface area (Å²) >= 11 is 0. The lowest BCUT2D eigenvalue weighted by atomic mass is 9.90. The molecule has 0 fully saturated rings. The molecule has 0 atom stereocenters. The third-order valence-corrected chi connectivity index (χ3v) is 7.67. The highest BCUT2D eigenvalue weighted by Gasteiger charge is 2.17. The van der Waals surface area contributed by atoms with Gasteiger partial charge >= 0.3 is 0 Å². The Kier molecular flexibility index (Phi) is 6.61. The molecule has 0 unspecified atom stereocenters. The summed E-state index contributed by atoms with van der Waals surface area (Å²) in [4.78, 5) is 2.33. The quantitative estimate of drug-likeness (QED) is 0.209. The van der Waals surface area contributed by atoms with Crippen molar-refractivity contribution in [3.05, 3.63) is 176 Å². The van der Waals surface area contributed by atoms with E-state index in [1.165, 1.54) is 44.2 Å². The van der Waals surface area contributed by atoms with E-state index in [4.69, 9.17) is 0 Å². The average Bonchev–Trinajstić information content (AvgIpc) is 3.06. The van der Waals surface area contributed by atoms with Crippen LogP contribution in [0.3, 0.4) is 0 Å². The Bertz CT molecular complexity index is 1860. The van der Waals surface area contributed by atoms with Gasteiger partial charge < -0.3 is 4.90 Å². The molecule has 0 aromatic heterocycles. The summed E-state index contributed by atoms with van der Waals surface area (Å²) in [7, 11) is 0. The fourth-order valence-electron chi connectivity index (χ4n) is 5.68. The lowest BCUT2D eigenvalue weighted by Gasteiger charge is -2.27. The zero-order valence-corrected chi connectivity index (χ0v) is 22.7. The van der Waals surface area contributed by atoms with Crippen molar-refractivity contribution < 1.29 is 0 Å². The summed E-state index contributed by atoms with van der Waals surface area (Å²) in [5, 5.41) is 2.50. The summed E-state index contributed by atoms with van der Waals surface area (Å²) in [5.74, 6) is 0. The molecule has 0 amide bonds. The highest BCUT2D eigenvalue weighted by atomic mass is 15.1. The molecular weight excluding hydrogens is 494 g/mol. The van der Waals surface area contributed by atoms with Gasteiger partial charge in [0.25, 0.3) is 0 Å². The van der Waals surface area contributed by atoms with Crippen molar-refractivity contribution in [1.82, 2.24) is 0 Å². The number of hydrogen-bond donors (Lipinski definition) is 0. The van der Waals surface area contributed by atoms with Crippen molar-refractivity contribution in [1.29, 1.82) is 0 Å². The van der Waals surface area contributed by atoms with Crippen molar-refractivity contribution in [3.8, 4) is 33.4 Å². The molecule has 0 spiro atoms. The van der Waals surface area contributed by atoms with Gasteiger partial charge in [0.2, 0.25) is 0 Å². The molecule has 0 aliphatic rings. The van der Waals surface area contributed by atoms with Gasteiger partial charge in [-0.15, -0.1) is 0 Å². The fraction of sp³-hybridized carbons (Fsp3) is 0. The van der Waals surface area contributed by atoms with Gasteiger partial charge in [-0.2, -0.15) is 0 Å². The number of hydrogen-bond acceptors (Lipinski definition) is 1. The second kappa shape index (κ2) is 11.0. The van der Waals surface area contributed by atoms with Crippen LogP contribution in [0.5, 0.6) is 0 Å². The molecule has 7 aromatic carbocycles. The molecule has 0 bridgehead atoms. The maximum Gasteiger partial charge on any atom is 0.0468 e. The fourth-order valence-corrected chi connectivity index (χ4v) is 5.68. The van der Waals surface area contributed by atoms with Crippen molar-refractivity contribution in [2.45, 2.75) is 0 Å². The van der Waals surface area contributed by atoms with Crippen LogP contribution in [0.1, 0.15) is 0 Å². The van der Waals surface area contributed by atoms with Crippen LogP contribution >= 0.6 is 0 Å². The van der Waals surface area contributed by atoms with E-state index in [2.05, 4.69) is 181 Å². The monoisotopic (exact) mass is 523 g/mol. The van der Waals surface area contributed by atoms with E-state index in [1.54, 1.807) is 0 Å². The zero-order chi connectivity index (χ0) is 27.4. The lowest BCUT2D eigenvalue weighted by Crippen LogP contribution is -2.10. The van der Waals surface area contributed by atoms with Gasteiger partial charge in [-0.25, -0.2) is 0 Å². The van der Waals surface area contributed by atoms with Gasteiger partial charge in [0.15, 0.2) is 0 Å². The van der Waals surface area contributed by atoms with E-state index >= 15 is 0 Å². The molecule has 7 rings (SSSR count). The second-order valence-corrected chi connectivity index (χ2v) is 10.2.